The number of rotatable bonds is 9. The molecule has 0 saturated carbocycles. The van der Waals surface area contributed by atoms with Gasteiger partial charge in [0.1, 0.15) is 0 Å². The summed E-state index contributed by atoms with van der Waals surface area (Å²) < 4.78 is 0. The number of aliphatic carboxylic acids is 1. The minimum absolute atomic E-state index is 0.0743. The maximum Gasteiger partial charge on any atom is 0.331 e. The lowest BCUT2D eigenvalue weighted by Gasteiger charge is -2.35. The van der Waals surface area contributed by atoms with Gasteiger partial charge < -0.3 is 14.9 Å². The van der Waals surface area contributed by atoms with Gasteiger partial charge in [0.25, 0.3) is 0 Å². The quantitative estimate of drug-likeness (QED) is 0.721. The fraction of sp³-hybridized carbons (Fsp3) is 0.571. The topological polar surface area (TPSA) is 77.9 Å². The van der Waals surface area contributed by atoms with Gasteiger partial charge in [0.15, 0.2) is 6.04 Å². The van der Waals surface area contributed by atoms with E-state index in [4.69, 9.17) is 0 Å². The van der Waals surface area contributed by atoms with Crippen molar-refractivity contribution < 1.29 is 19.5 Å². The summed E-state index contributed by atoms with van der Waals surface area (Å²) in [6.07, 6.45) is 3.46. The Bertz CT molecular complexity index is 668. The molecule has 0 aromatic heterocycles. The van der Waals surface area contributed by atoms with E-state index in [1.807, 2.05) is 30.9 Å². The van der Waals surface area contributed by atoms with Crippen LogP contribution in [0.25, 0.3) is 0 Å². The summed E-state index contributed by atoms with van der Waals surface area (Å²) in [5.41, 5.74) is 1.68. The largest absolute Gasteiger partial charge is 0.479 e. The molecular formula is C21H30N2O4. The number of carbonyl (C=O) groups excluding carboxylic acids is 2. The highest BCUT2D eigenvalue weighted by atomic mass is 16.4. The molecule has 1 unspecified atom stereocenters. The molecule has 1 aromatic rings. The van der Waals surface area contributed by atoms with Crippen molar-refractivity contribution in [3.63, 3.8) is 0 Å². The molecule has 2 amide bonds. The molecular weight excluding hydrogens is 344 g/mol. The first-order valence-corrected chi connectivity index (χ1v) is 9.87. The van der Waals surface area contributed by atoms with Crippen molar-refractivity contribution in [2.24, 2.45) is 0 Å². The molecule has 27 heavy (non-hydrogen) atoms. The Labute approximate surface area is 161 Å². The molecule has 1 heterocycles. The molecule has 6 nitrogen and oxygen atoms in total. The number of hydrogen-bond acceptors (Lipinski definition) is 3. The maximum atomic E-state index is 12.7. The molecule has 148 valence electrons. The number of nitrogens with zero attached hydrogens (tertiary/aromatic N) is 2. The van der Waals surface area contributed by atoms with Crippen LogP contribution >= 0.6 is 0 Å². The van der Waals surface area contributed by atoms with Crippen molar-refractivity contribution in [3.8, 4) is 0 Å². The van der Waals surface area contributed by atoms with E-state index in [2.05, 4.69) is 0 Å². The third-order valence-corrected chi connectivity index (χ3v) is 4.96. The van der Waals surface area contributed by atoms with Crippen LogP contribution in [0.1, 0.15) is 63.1 Å². The Morgan fingerprint density at radius 1 is 1.11 bits per heavy atom. The van der Waals surface area contributed by atoms with E-state index in [9.17, 15) is 19.5 Å². The summed E-state index contributed by atoms with van der Waals surface area (Å²) in [5.74, 6) is -1.13. The Kier molecular flexibility index (Phi) is 7.82. The van der Waals surface area contributed by atoms with Gasteiger partial charge in [-0.3, -0.25) is 9.59 Å². The molecule has 0 bridgehead atoms. The molecule has 1 atom stereocenters. The fourth-order valence-electron chi connectivity index (χ4n) is 3.70. The van der Waals surface area contributed by atoms with Gasteiger partial charge in [0.2, 0.25) is 11.8 Å². The van der Waals surface area contributed by atoms with Crippen LogP contribution in [0, 0.1) is 0 Å². The number of carboxylic acid groups (broad SMARTS) is 1. The van der Waals surface area contributed by atoms with E-state index in [1.165, 1.54) is 4.90 Å². The number of amides is 2. The van der Waals surface area contributed by atoms with E-state index in [-0.39, 0.29) is 18.2 Å². The van der Waals surface area contributed by atoms with Gasteiger partial charge in [-0.25, -0.2) is 4.79 Å². The number of fused-ring (bicyclic) bond motifs is 1. The highest BCUT2D eigenvalue weighted by Crippen LogP contribution is 2.30. The zero-order valence-electron chi connectivity index (χ0n) is 16.3. The highest BCUT2D eigenvalue weighted by Gasteiger charge is 2.35. The second kappa shape index (κ2) is 10.1. The molecule has 1 aliphatic rings. The van der Waals surface area contributed by atoms with Gasteiger partial charge in [0, 0.05) is 32.5 Å². The average molecular weight is 374 g/mol. The van der Waals surface area contributed by atoms with Crippen molar-refractivity contribution in [1.29, 1.82) is 0 Å². The second-order valence-corrected chi connectivity index (χ2v) is 7.01. The SMILES string of the molecule is CCCN(CCC)C(=O)CCCC(=O)N1CCc2ccccc2C1C(=O)O. The minimum atomic E-state index is -1.01. The standard InChI is InChI=1S/C21H30N2O4/c1-3-13-22(14-4-2)18(24)10-7-11-19(25)23-15-12-16-8-5-6-9-17(16)20(23)21(26)27/h5-6,8-9,20H,3-4,7,10-15H2,1-2H3,(H,26,27). The van der Waals surface area contributed by atoms with Gasteiger partial charge in [-0.2, -0.15) is 0 Å². The van der Waals surface area contributed by atoms with Gasteiger partial charge in [-0.05, 0) is 36.8 Å². The minimum Gasteiger partial charge on any atom is -0.479 e. The average Bonchev–Trinajstić information content (AvgIpc) is 2.66. The molecule has 1 N–H and O–H groups in total. The first-order chi connectivity index (χ1) is 13.0. The predicted octanol–water partition coefficient (Wildman–Crippen LogP) is 3.02. The van der Waals surface area contributed by atoms with Crippen molar-refractivity contribution in [2.75, 3.05) is 19.6 Å². The molecule has 1 aromatic carbocycles. The molecule has 6 heteroatoms. The summed E-state index contributed by atoms with van der Waals surface area (Å²) in [7, 11) is 0. The molecule has 0 radical (unpaired) electrons. The van der Waals surface area contributed by atoms with Crippen LogP contribution in [-0.4, -0.2) is 52.3 Å². The third-order valence-electron chi connectivity index (χ3n) is 4.96. The maximum absolute atomic E-state index is 12.7. The van der Waals surface area contributed by atoms with Gasteiger partial charge in [-0.15, -0.1) is 0 Å². The van der Waals surface area contributed by atoms with Crippen LogP contribution in [-0.2, 0) is 20.8 Å². The van der Waals surface area contributed by atoms with E-state index in [0.717, 1.165) is 31.5 Å². The molecule has 0 saturated heterocycles. The third kappa shape index (κ3) is 5.31. The van der Waals surface area contributed by atoms with E-state index in [0.29, 0.717) is 31.4 Å². The van der Waals surface area contributed by atoms with E-state index < -0.39 is 12.0 Å². The van der Waals surface area contributed by atoms with E-state index >= 15 is 0 Å². The Morgan fingerprint density at radius 3 is 2.41 bits per heavy atom. The number of benzene rings is 1. The summed E-state index contributed by atoms with van der Waals surface area (Å²) in [6, 6.07) is 6.46. The molecule has 0 aliphatic carbocycles. The van der Waals surface area contributed by atoms with Crippen LogP contribution in [0.3, 0.4) is 0 Å². The summed E-state index contributed by atoms with van der Waals surface area (Å²) >= 11 is 0. The summed E-state index contributed by atoms with van der Waals surface area (Å²) in [5, 5.41) is 9.65. The number of carbonyl (C=O) groups is 3. The molecule has 2 rings (SSSR count). The molecule has 0 fully saturated rings. The fourth-order valence-corrected chi connectivity index (χ4v) is 3.70. The van der Waals surface area contributed by atoms with Crippen molar-refractivity contribution in [1.82, 2.24) is 9.80 Å². The second-order valence-electron chi connectivity index (χ2n) is 7.01. The smallest absolute Gasteiger partial charge is 0.331 e. The summed E-state index contributed by atoms with van der Waals surface area (Å²) in [6.45, 7) is 5.97. The van der Waals surface area contributed by atoms with Crippen molar-refractivity contribution in [3.05, 3.63) is 35.4 Å². The lowest BCUT2D eigenvalue weighted by Crippen LogP contribution is -2.43. The van der Waals surface area contributed by atoms with Gasteiger partial charge in [-0.1, -0.05) is 38.1 Å². The first-order valence-electron chi connectivity index (χ1n) is 9.87. The van der Waals surface area contributed by atoms with Crippen LogP contribution < -0.4 is 0 Å². The van der Waals surface area contributed by atoms with Crippen LogP contribution in [0.4, 0.5) is 0 Å². The normalized spacial score (nSPS) is 15.9. The highest BCUT2D eigenvalue weighted by molar-refractivity contribution is 5.86. The van der Waals surface area contributed by atoms with Crippen LogP contribution in [0.15, 0.2) is 24.3 Å². The van der Waals surface area contributed by atoms with E-state index in [1.54, 1.807) is 12.1 Å². The molecule has 1 aliphatic heterocycles. The zero-order chi connectivity index (χ0) is 19.8. The lowest BCUT2D eigenvalue weighted by atomic mass is 9.92. The van der Waals surface area contributed by atoms with Crippen LogP contribution in [0.5, 0.6) is 0 Å². The predicted molar refractivity (Wildman–Crippen MR) is 103 cm³/mol. The first kappa shape index (κ1) is 20.9. The monoisotopic (exact) mass is 374 g/mol. The Hall–Kier alpha value is -2.37. The van der Waals surface area contributed by atoms with Crippen molar-refractivity contribution in [2.45, 2.75) is 58.4 Å². The Morgan fingerprint density at radius 2 is 1.78 bits per heavy atom. The van der Waals surface area contributed by atoms with Gasteiger partial charge in [0.05, 0.1) is 0 Å². The van der Waals surface area contributed by atoms with Gasteiger partial charge >= 0.3 is 5.97 Å². The van der Waals surface area contributed by atoms with Crippen LogP contribution in [0.2, 0.25) is 0 Å². The Balaban J connectivity index is 1.95. The number of carboxylic acids is 1. The van der Waals surface area contributed by atoms with Crippen molar-refractivity contribution >= 4 is 17.8 Å². The number of hydrogen-bond donors (Lipinski definition) is 1. The molecule has 0 spiro atoms. The lowest BCUT2D eigenvalue weighted by molar-refractivity contribution is -0.151. The summed E-state index contributed by atoms with van der Waals surface area (Å²) in [4.78, 5) is 40.1. The zero-order valence-corrected chi connectivity index (χ0v) is 16.3.